The number of anilines is 3. The molecular formula is C58H36N2O2. The van der Waals surface area contributed by atoms with Crippen LogP contribution in [0.5, 0.6) is 11.5 Å². The zero-order chi connectivity index (χ0) is 40.7. The summed E-state index contributed by atoms with van der Waals surface area (Å²) in [7, 11) is 0. The molecule has 12 aromatic rings. The van der Waals surface area contributed by atoms with E-state index in [4.69, 9.17) is 9.15 Å². The van der Waals surface area contributed by atoms with Crippen molar-refractivity contribution >= 4 is 71.6 Å². The predicted molar refractivity (Wildman–Crippen MR) is 257 cm³/mol. The molecule has 0 N–H and O–H groups in total. The molecule has 0 saturated heterocycles. The van der Waals surface area contributed by atoms with E-state index in [0.29, 0.717) is 0 Å². The Morgan fingerprint density at radius 2 is 1.05 bits per heavy atom. The number of rotatable bonds is 6. The molecule has 0 saturated carbocycles. The Kier molecular flexibility index (Phi) is 7.57. The molecule has 0 fully saturated rings. The van der Waals surface area contributed by atoms with Crippen molar-refractivity contribution in [2.24, 2.45) is 0 Å². The summed E-state index contributed by atoms with van der Waals surface area (Å²) < 4.78 is 15.5. The van der Waals surface area contributed by atoms with Crippen LogP contribution in [0.15, 0.2) is 223 Å². The minimum absolute atomic E-state index is 0.846. The molecule has 62 heavy (non-hydrogen) atoms. The lowest BCUT2D eigenvalue weighted by atomic mass is 9.97. The second-order valence-corrected chi connectivity index (χ2v) is 16.1. The van der Waals surface area contributed by atoms with Crippen LogP contribution in [0.2, 0.25) is 0 Å². The number of para-hydroxylation sites is 6. The fourth-order valence-corrected chi connectivity index (χ4v) is 9.66. The van der Waals surface area contributed by atoms with Gasteiger partial charge in [-0.05, 0) is 111 Å². The molecule has 0 atom stereocenters. The molecule has 0 bridgehead atoms. The Balaban J connectivity index is 0.969. The summed E-state index contributed by atoms with van der Waals surface area (Å²) in [6.07, 6.45) is 0. The Labute approximate surface area is 357 Å². The molecule has 0 amide bonds. The molecule has 1 aliphatic rings. The fraction of sp³-hybridized carbons (Fsp3) is 0. The van der Waals surface area contributed by atoms with E-state index in [1.54, 1.807) is 0 Å². The van der Waals surface area contributed by atoms with Gasteiger partial charge in [0.15, 0.2) is 17.1 Å². The lowest BCUT2D eigenvalue weighted by Crippen LogP contribution is -2.11. The van der Waals surface area contributed by atoms with Gasteiger partial charge in [0.2, 0.25) is 0 Å². The van der Waals surface area contributed by atoms with E-state index in [1.807, 2.05) is 18.2 Å². The largest absolute Gasteiger partial charge is 0.454 e. The highest BCUT2D eigenvalue weighted by atomic mass is 16.5. The van der Waals surface area contributed by atoms with E-state index in [1.165, 1.54) is 32.8 Å². The molecule has 4 heteroatoms. The third-order valence-corrected chi connectivity index (χ3v) is 12.6. The molecule has 0 unspecified atom stereocenters. The molecule has 10 aromatic carbocycles. The summed E-state index contributed by atoms with van der Waals surface area (Å²) in [6, 6.07) is 78.0. The van der Waals surface area contributed by atoms with Crippen LogP contribution in [-0.4, -0.2) is 4.57 Å². The van der Waals surface area contributed by atoms with E-state index in [0.717, 1.165) is 89.3 Å². The summed E-state index contributed by atoms with van der Waals surface area (Å²) in [4.78, 5) is 2.36. The fourth-order valence-electron chi connectivity index (χ4n) is 9.66. The molecule has 0 radical (unpaired) electrons. The van der Waals surface area contributed by atoms with E-state index < -0.39 is 0 Å². The van der Waals surface area contributed by atoms with Gasteiger partial charge in [-0.25, -0.2) is 0 Å². The number of fused-ring (bicyclic) bond motifs is 9. The Morgan fingerprint density at radius 1 is 0.387 bits per heavy atom. The first-order valence-corrected chi connectivity index (χ1v) is 21.1. The average molecular weight is 793 g/mol. The number of benzene rings is 10. The van der Waals surface area contributed by atoms with Crippen LogP contribution >= 0.6 is 0 Å². The highest BCUT2D eigenvalue weighted by Gasteiger charge is 2.25. The van der Waals surface area contributed by atoms with Crippen molar-refractivity contribution in [2.75, 3.05) is 4.90 Å². The molecule has 4 nitrogen and oxygen atoms in total. The first-order chi connectivity index (χ1) is 30.7. The van der Waals surface area contributed by atoms with Crippen LogP contribution in [0.4, 0.5) is 17.1 Å². The van der Waals surface area contributed by atoms with Gasteiger partial charge in [0.05, 0.1) is 28.1 Å². The molecule has 290 valence electrons. The molecule has 1 aliphatic heterocycles. The van der Waals surface area contributed by atoms with Crippen molar-refractivity contribution in [3.8, 4) is 50.6 Å². The lowest BCUT2D eigenvalue weighted by molar-refractivity contribution is 0.476. The number of aromatic nitrogens is 1. The van der Waals surface area contributed by atoms with Crippen LogP contribution in [0.3, 0.4) is 0 Å². The first kappa shape index (κ1) is 34.5. The van der Waals surface area contributed by atoms with Crippen molar-refractivity contribution in [1.29, 1.82) is 0 Å². The number of hydrogen-bond acceptors (Lipinski definition) is 3. The zero-order valence-electron chi connectivity index (χ0n) is 33.5. The summed E-state index contributed by atoms with van der Waals surface area (Å²) in [6.45, 7) is 0. The molecule has 0 aliphatic carbocycles. The SMILES string of the molecule is c1cc(-c2ccc(N(c3ccccc3-c3ccc4c(c3)c3cccc5c3n4-c3ccccc3O5)c3cccc4c3oc3ccccc34)cc2)cc(-c2ccc3ccccc3c2)c1. The van der Waals surface area contributed by atoms with Gasteiger partial charge in [-0.3, -0.25) is 0 Å². The number of ether oxygens (including phenoxy) is 1. The van der Waals surface area contributed by atoms with Crippen molar-refractivity contribution in [3.05, 3.63) is 218 Å². The van der Waals surface area contributed by atoms with E-state index in [9.17, 15) is 0 Å². The normalized spacial score (nSPS) is 12.0. The van der Waals surface area contributed by atoms with Crippen molar-refractivity contribution < 1.29 is 9.15 Å². The topological polar surface area (TPSA) is 30.5 Å². The third kappa shape index (κ3) is 5.33. The van der Waals surface area contributed by atoms with Gasteiger partial charge in [-0.15, -0.1) is 0 Å². The summed E-state index contributed by atoms with van der Waals surface area (Å²) in [5, 5.41) is 7.01. The van der Waals surface area contributed by atoms with Gasteiger partial charge in [0.25, 0.3) is 0 Å². The number of nitrogens with zero attached hydrogens (tertiary/aromatic N) is 2. The Bertz CT molecular complexity index is 3740. The molecule has 3 heterocycles. The Hall–Kier alpha value is -8.34. The van der Waals surface area contributed by atoms with Crippen LogP contribution in [0.25, 0.3) is 93.6 Å². The van der Waals surface area contributed by atoms with E-state index in [2.05, 4.69) is 210 Å². The van der Waals surface area contributed by atoms with Gasteiger partial charge in [-0.2, -0.15) is 0 Å². The standard InChI is InChI=1S/C58H36N2O2/c1-2-13-39-35-42(27-26-37(39)12-1)41-15-9-14-40(34-41)38-28-31-44(32-29-38)59(53-22-10-19-48-46-17-4-7-23-54(46)62-58(48)53)50-20-5-3-16-45(50)43-30-33-51-49(36-43)47-18-11-25-56-57(47)60(51)52-21-6-8-24-55(52)61-56/h1-36H. The van der Waals surface area contributed by atoms with Crippen LogP contribution in [-0.2, 0) is 0 Å². The summed E-state index contributed by atoms with van der Waals surface area (Å²) in [5.74, 6) is 1.73. The number of hydrogen-bond donors (Lipinski definition) is 0. The van der Waals surface area contributed by atoms with Crippen LogP contribution in [0, 0.1) is 0 Å². The maximum atomic E-state index is 6.74. The lowest BCUT2D eigenvalue weighted by Gasteiger charge is -2.28. The Morgan fingerprint density at radius 3 is 1.98 bits per heavy atom. The molecule has 0 spiro atoms. The quantitative estimate of drug-likeness (QED) is 0.168. The highest BCUT2D eigenvalue weighted by Crippen LogP contribution is 2.49. The van der Waals surface area contributed by atoms with Crippen molar-refractivity contribution in [3.63, 3.8) is 0 Å². The molecule has 2 aromatic heterocycles. The maximum Gasteiger partial charge on any atom is 0.159 e. The van der Waals surface area contributed by atoms with Gasteiger partial charge in [0.1, 0.15) is 5.58 Å². The minimum atomic E-state index is 0.846. The van der Waals surface area contributed by atoms with Gasteiger partial charge < -0.3 is 18.6 Å². The monoisotopic (exact) mass is 792 g/mol. The average Bonchev–Trinajstić information content (AvgIpc) is 3.89. The molecule has 13 rings (SSSR count). The summed E-state index contributed by atoms with van der Waals surface area (Å²) in [5.41, 5.74) is 15.0. The maximum absolute atomic E-state index is 6.74. The smallest absolute Gasteiger partial charge is 0.159 e. The van der Waals surface area contributed by atoms with Crippen molar-refractivity contribution in [2.45, 2.75) is 0 Å². The van der Waals surface area contributed by atoms with Crippen LogP contribution < -0.4 is 9.64 Å². The predicted octanol–water partition coefficient (Wildman–Crippen LogP) is 16.4. The van der Waals surface area contributed by atoms with Gasteiger partial charge in [-0.1, -0.05) is 146 Å². The molecular weight excluding hydrogens is 757 g/mol. The minimum Gasteiger partial charge on any atom is -0.454 e. The second kappa shape index (κ2) is 13.6. The second-order valence-electron chi connectivity index (χ2n) is 16.1. The van der Waals surface area contributed by atoms with Crippen LogP contribution in [0.1, 0.15) is 0 Å². The highest BCUT2D eigenvalue weighted by molar-refractivity contribution is 6.14. The summed E-state index contributed by atoms with van der Waals surface area (Å²) >= 11 is 0. The van der Waals surface area contributed by atoms with E-state index >= 15 is 0 Å². The number of furan rings is 1. The van der Waals surface area contributed by atoms with Gasteiger partial charge in [0, 0.05) is 32.8 Å². The van der Waals surface area contributed by atoms with Gasteiger partial charge >= 0.3 is 0 Å². The zero-order valence-corrected chi connectivity index (χ0v) is 33.5. The van der Waals surface area contributed by atoms with Crippen molar-refractivity contribution in [1.82, 2.24) is 4.57 Å². The first-order valence-electron chi connectivity index (χ1n) is 21.1. The third-order valence-electron chi connectivity index (χ3n) is 12.6. The van der Waals surface area contributed by atoms with E-state index in [-0.39, 0.29) is 0 Å².